The van der Waals surface area contributed by atoms with Crippen molar-refractivity contribution in [2.45, 2.75) is 0 Å². The standard InChI is InChI=1S/C15H10ClNO3S/c16-11-6-14(21-8-11)12(18)7-17-15(19)10-1-2-13-9(5-10)3-4-20-13/h1-6,8H,7H2,(H,17,19). The van der Waals surface area contributed by atoms with Crippen LogP contribution in [0, 0.1) is 0 Å². The summed E-state index contributed by atoms with van der Waals surface area (Å²) < 4.78 is 5.21. The maximum Gasteiger partial charge on any atom is 0.251 e. The third-order valence-electron chi connectivity index (χ3n) is 2.97. The lowest BCUT2D eigenvalue weighted by molar-refractivity contribution is 0.0905. The molecular formula is C15H10ClNO3S. The van der Waals surface area contributed by atoms with Gasteiger partial charge in [0.2, 0.25) is 0 Å². The lowest BCUT2D eigenvalue weighted by atomic mass is 10.1. The van der Waals surface area contributed by atoms with Gasteiger partial charge in [-0.2, -0.15) is 0 Å². The number of thiophene rings is 1. The Morgan fingerprint density at radius 2 is 2.10 bits per heavy atom. The molecule has 3 rings (SSSR count). The van der Waals surface area contributed by atoms with Gasteiger partial charge in [0.05, 0.1) is 22.7 Å². The number of furan rings is 1. The van der Waals surface area contributed by atoms with Gasteiger partial charge in [0.25, 0.3) is 5.91 Å². The number of amides is 1. The van der Waals surface area contributed by atoms with Crippen molar-refractivity contribution in [3.05, 3.63) is 57.4 Å². The molecule has 3 aromatic rings. The molecule has 0 saturated carbocycles. The molecule has 0 aliphatic heterocycles. The van der Waals surface area contributed by atoms with Crippen LogP contribution in [0.3, 0.4) is 0 Å². The van der Waals surface area contributed by atoms with Gasteiger partial charge in [0.1, 0.15) is 5.58 Å². The number of ketones is 1. The SMILES string of the molecule is O=C(NCC(=O)c1cc(Cl)cs1)c1ccc2occc2c1. The Hall–Kier alpha value is -2.11. The highest BCUT2D eigenvalue weighted by Crippen LogP contribution is 2.19. The van der Waals surface area contributed by atoms with Crippen molar-refractivity contribution < 1.29 is 14.0 Å². The number of halogens is 1. The fourth-order valence-electron chi connectivity index (χ4n) is 1.92. The lowest BCUT2D eigenvalue weighted by Crippen LogP contribution is -2.29. The largest absolute Gasteiger partial charge is 0.464 e. The van der Waals surface area contributed by atoms with E-state index in [0.717, 1.165) is 11.0 Å². The summed E-state index contributed by atoms with van der Waals surface area (Å²) in [6, 6.07) is 8.49. The van der Waals surface area contributed by atoms with Crippen LogP contribution in [0.2, 0.25) is 5.02 Å². The molecule has 0 atom stereocenters. The molecule has 1 amide bonds. The number of hydrogen-bond acceptors (Lipinski definition) is 4. The normalized spacial score (nSPS) is 10.7. The molecule has 0 radical (unpaired) electrons. The predicted octanol–water partition coefficient (Wildman–Crippen LogP) is 3.76. The van der Waals surface area contributed by atoms with Crippen LogP contribution in [0.5, 0.6) is 0 Å². The second-order valence-corrected chi connectivity index (χ2v) is 5.76. The fraction of sp³-hybridized carbons (Fsp3) is 0.0667. The number of carbonyl (C=O) groups is 2. The van der Waals surface area contributed by atoms with E-state index in [1.165, 1.54) is 11.3 Å². The van der Waals surface area contributed by atoms with E-state index in [1.807, 2.05) is 0 Å². The number of fused-ring (bicyclic) bond motifs is 1. The number of nitrogens with one attached hydrogen (secondary N) is 1. The Labute approximate surface area is 129 Å². The molecule has 0 fully saturated rings. The monoisotopic (exact) mass is 319 g/mol. The number of rotatable bonds is 4. The Balaban J connectivity index is 1.67. The smallest absolute Gasteiger partial charge is 0.251 e. The van der Waals surface area contributed by atoms with E-state index in [2.05, 4.69) is 5.32 Å². The molecule has 0 aliphatic carbocycles. The molecule has 0 aliphatic rings. The summed E-state index contributed by atoms with van der Waals surface area (Å²) in [6.07, 6.45) is 1.57. The highest BCUT2D eigenvalue weighted by molar-refractivity contribution is 7.12. The molecule has 2 heterocycles. The minimum absolute atomic E-state index is 0.0564. The molecule has 0 bridgehead atoms. The van der Waals surface area contributed by atoms with Crippen LogP contribution in [-0.4, -0.2) is 18.2 Å². The van der Waals surface area contributed by atoms with Gasteiger partial charge in [-0.15, -0.1) is 11.3 Å². The first-order valence-corrected chi connectivity index (χ1v) is 7.42. The Kier molecular flexibility index (Phi) is 3.77. The average Bonchev–Trinajstić information content (AvgIpc) is 3.12. The highest BCUT2D eigenvalue weighted by Gasteiger charge is 2.12. The quantitative estimate of drug-likeness (QED) is 0.745. The summed E-state index contributed by atoms with van der Waals surface area (Å²) in [7, 11) is 0. The molecule has 0 saturated heterocycles. The summed E-state index contributed by atoms with van der Waals surface area (Å²) in [5.41, 5.74) is 1.21. The molecule has 21 heavy (non-hydrogen) atoms. The molecule has 0 unspecified atom stereocenters. The van der Waals surface area contributed by atoms with Gasteiger partial charge in [0, 0.05) is 16.3 Å². The number of benzene rings is 1. The second-order valence-electron chi connectivity index (χ2n) is 4.41. The van der Waals surface area contributed by atoms with E-state index in [9.17, 15) is 9.59 Å². The number of hydrogen-bond donors (Lipinski definition) is 1. The highest BCUT2D eigenvalue weighted by atomic mass is 35.5. The molecule has 2 aromatic heterocycles. The minimum Gasteiger partial charge on any atom is -0.464 e. The maximum absolute atomic E-state index is 12.0. The first kappa shape index (κ1) is 13.9. The van der Waals surface area contributed by atoms with E-state index < -0.39 is 0 Å². The van der Waals surface area contributed by atoms with E-state index in [0.29, 0.717) is 15.5 Å². The molecule has 0 spiro atoms. The first-order chi connectivity index (χ1) is 10.1. The van der Waals surface area contributed by atoms with Crippen molar-refractivity contribution in [3.8, 4) is 0 Å². The van der Waals surface area contributed by atoms with Gasteiger partial charge in [-0.25, -0.2) is 0 Å². The molecule has 106 valence electrons. The van der Waals surface area contributed by atoms with Crippen molar-refractivity contribution in [2.24, 2.45) is 0 Å². The van der Waals surface area contributed by atoms with Gasteiger partial charge in [-0.1, -0.05) is 11.6 Å². The van der Waals surface area contributed by atoms with Crippen LogP contribution in [-0.2, 0) is 0 Å². The molecule has 4 nitrogen and oxygen atoms in total. The summed E-state index contributed by atoms with van der Waals surface area (Å²) in [4.78, 5) is 24.5. The first-order valence-electron chi connectivity index (χ1n) is 6.16. The van der Waals surface area contributed by atoms with Crippen LogP contribution in [0.4, 0.5) is 0 Å². The zero-order chi connectivity index (χ0) is 14.8. The fourth-order valence-corrected chi connectivity index (χ4v) is 2.93. The molecule has 1 aromatic carbocycles. The average molecular weight is 320 g/mol. The van der Waals surface area contributed by atoms with Crippen molar-refractivity contribution >= 4 is 45.6 Å². The third-order valence-corrected chi connectivity index (χ3v) is 4.29. The van der Waals surface area contributed by atoms with E-state index in [1.54, 1.807) is 42.0 Å². The zero-order valence-corrected chi connectivity index (χ0v) is 12.3. The third kappa shape index (κ3) is 2.99. The minimum atomic E-state index is -0.297. The number of Topliss-reactive ketones (excluding diaryl/α,β-unsaturated/α-hetero) is 1. The van der Waals surface area contributed by atoms with Crippen LogP contribution in [0.25, 0.3) is 11.0 Å². The van der Waals surface area contributed by atoms with Crippen LogP contribution < -0.4 is 5.32 Å². The topological polar surface area (TPSA) is 59.3 Å². The molecule has 6 heteroatoms. The Bertz CT molecular complexity index is 821. The lowest BCUT2D eigenvalue weighted by Gasteiger charge is -2.03. The Morgan fingerprint density at radius 1 is 1.24 bits per heavy atom. The van der Waals surface area contributed by atoms with Crippen molar-refractivity contribution in [1.82, 2.24) is 5.32 Å². The number of carbonyl (C=O) groups excluding carboxylic acids is 2. The van der Waals surface area contributed by atoms with Crippen LogP contribution in [0.15, 0.2) is 46.4 Å². The predicted molar refractivity (Wildman–Crippen MR) is 82.2 cm³/mol. The summed E-state index contributed by atoms with van der Waals surface area (Å²) in [6.45, 7) is -0.0564. The molecule has 1 N–H and O–H groups in total. The molecular weight excluding hydrogens is 310 g/mol. The van der Waals surface area contributed by atoms with Crippen LogP contribution in [0.1, 0.15) is 20.0 Å². The van der Waals surface area contributed by atoms with Crippen molar-refractivity contribution in [2.75, 3.05) is 6.54 Å². The van der Waals surface area contributed by atoms with Gasteiger partial charge in [0.15, 0.2) is 5.78 Å². The van der Waals surface area contributed by atoms with E-state index >= 15 is 0 Å². The van der Waals surface area contributed by atoms with Gasteiger partial charge < -0.3 is 9.73 Å². The van der Waals surface area contributed by atoms with Gasteiger partial charge in [-0.3, -0.25) is 9.59 Å². The zero-order valence-electron chi connectivity index (χ0n) is 10.8. The van der Waals surface area contributed by atoms with E-state index in [-0.39, 0.29) is 18.2 Å². The summed E-state index contributed by atoms with van der Waals surface area (Å²) in [5.74, 6) is -0.459. The summed E-state index contributed by atoms with van der Waals surface area (Å²) >= 11 is 7.03. The summed E-state index contributed by atoms with van der Waals surface area (Å²) in [5, 5.41) is 5.67. The van der Waals surface area contributed by atoms with E-state index in [4.69, 9.17) is 16.0 Å². The van der Waals surface area contributed by atoms with Gasteiger partial charge >= 0.3 is 0 Å². The maximum atomic E-state index is 12.0. The Morgan fingerprint density at radius 3 is 2.86 bits per heavy atom. The van der Waals surface area contributed by atoms with Crippen LogP contribution >= 0.6 is 22.9 Å². The van der Waals surface area contributed by atoms with Crippen molar-refractivity contribution in [1.29, 1.82) is 0 Å². The van der Waals surface area contributed by atoms with Crippen molar-refractivity contribution in [3.63, 3.8) is 0 Å². The van der Waals surface area contributed by atoms with Gasteiger partial charge in [-0.05, 0) is 30.3 Å². The second kappa shape index (κ2) is 5.71.